The summed E-state index contributed by atoms with van der Waals surface area (Å²) in [6.07, 6.45) is 2.14. The van der Waals surface area contributed by atoms with E-state index in [-0.39, 0.29) is 16.9 Å². The first-order chi connectivity index (χ1) is 13.1. The maximum absolute atomic E-state index is 11.5. The molecule has 1 aromatic rings. The Morgan fingerprint density at radius 2 is 1.61 bits per heavy atom. The lowest BCUT2D eigenvalue weighted by atomic mass is 9.76. The Bertz CT molecular complexity index is 642. The molecule has 2 fully saturated rings. The minimum Gasteiger partial charge on any atom is -0.507 e. The smallest absolute Gasteiger partial charge is 0.124 e. The Hall–Kier alpha value is -1.10. The lowest BCUT2D eigenvalue weighted by molar-refractivity contribution is 0.0205. The fraction of sp³-hybridized carbons (Fsp3) is 0.750. The maximum atomic E-state index is 11.5. The Balaban J connectivity index is 2.14. The quantitative estimate of drug-likeness (QED) is 0.807. The topological polar surface area (TPSA) is 44.7 Å². The van der Waals surface area contributed by atoms with Crippen molar-refractivity contribution in [2.24, 2.45) is 5.92 Å². The number of nitrogens with zero attached hydrogens (tertiary/aromatic N) is 1. The van der Waals surface area contributed by atoms with E-state index in [1.165, 1.54) is 5.56 Å². The SMILES string of the molecule is CC(C)(C)c1cc([C@@H](C2CCOCC2)N2CCNCC2)c(O)c(C(C)(C)C)c1. The minimum atomic E-state index is -0.0935. The fourth-order valence-corrected chi connectivity index (χ4v) is 4.63. The molecule has 4 heteroatoms. The van der Waals surface area contributed by atoms with Crippen LogP contribution in [0.3, 0.4) is 0 Å². The van der Waals surface area contributed by atoms with Crippen LogP contribution in [0, 0.1) is 5.92 Å². The highest BCUT2D eigenvalue weighted by Gasteiger charge is 2.35. The summed E-state index contributed by atoms with van der Waals surface area (Å²) in [6, 6.07) is 4.79. The van der Waals surface area contributed by atoms with E-state index in [1.54, 1.807) is 0 Å². The van der Waals surface area contributed by atoms with E-state index < -0.39 is 0 Å². The first-order valence-electron chi connectivity index (χ1n) is 11.0. The van der Waals surface area contributed by atoms with Crippen LogP contribution in [0.2, 0.25) is 0 Å². The van der Waals surface area contributed by atoms with E-state index in [4.69, 9.17) is 4.74 Å². The number of hydrogen-bond donors (Lipinski definition) is 2. The summed E-state index contributed by atoms with van der Waals surface area (Å²) in [7, 11) is 0. The summed E-state index contributed by atoms with van der Waals surface area (Å²) in [5.41, 5.74) is 3.47. The maximum Gasteiger partial charge on any atom is 0.124 e. The summed E-state index contributed by atoms with van der Waals surface area (Å²) in [5, 5.41) is 15.0. The highest BCUT2D eigenvalue weighted by molar-refractivity contribution is 5.50. The zero-order chi connectivity index (χ0) is 20.5. The van der Waals surface area contributed by atoms with Crippen LogP contribution in [0.4, 0.5) is 0 Å². The Labute approximate surface area is 171 Å². The number of rotatable bonds is 3. The number of ether oxygens (including phenoxy) is 1. The molecule has 0 bridgehead atoms. The second kappa shape index (κ2) is 8.33. The molecule has 28 heavy (non-hydrogen) atoms. The van der Waals surface area contributed by atoms with Gasteiger partial charge in [-0.1, -0.05) is 47.6 Å². The standard InChI is InChI=1S/C24H40N2O2/c1-23(2,3)18-15-19(22(27)20(16-18)24(4,5)6)21(17-7-13-28-14-8-17)26-11-9-25-10-12-26/h15-17,21,25,27H,7-14H2,1-6H3/t21-/m1/s1. The van der Waals surface area contributed by atoms with E-state index in [0.29, 0.717) is 11.7 Å². The molecule has 0 amide bonds. The van der Waals surface area contributed by atoms with Gasteiger partial charge in [0.25, 0.3) is 0 Å². The predicted octanol–water partition coefficient (Wildman–Crippen LogP) is 4.36. The molecule has 4 nitrogen and oxygen atoms in total. The zero-order valence-corrected chi connectivity index (χ0v) is 18.8. The monoisotopic (exact) mass is 388 g/mol. The number of hydrogen-bond acceptors (Lipinski definition) is 4. The lowest BCUT2D eigenvalue weighted by Crippen LogP contribution is -2.47. The molecule has 1 atom stereocenters. The van der Waals surface area contributed by atoms with Gasteiger partial charge in [0.1, 0.15) is 5.75 Å². The molecular formula is C24H40N2O2. The van der Waals surface area contributed by atoms with Gasteiger partial charge in [0.05, 0.1) is 0 Å². The first kappa shape index (κ1) is 21.6. The van der Waals surface area contributed by atoms with Crippen molar-refractivity contribution in [2.75, 3.05) is 39.4 Å². The molecule has 2 aliphatic heterocycles. The lowest BCUT2D eigenvalue weighted by Gasteiger charge is -2.42. The number of piperazine rings is 1. The minimum absolute atomic E-state index is 0.0477. The summed E-state index contributed by atoms with van der Waals surface area (Å²) >= 11 is 0. The highest BCUT2D eigenvalue weighted by Crippen LogP contribution is 2.45. The van der Waals surface area contributed by atoms with Gasteiger partial charge in [0.2, 0.25) is 0 Å². The second-order valence-electron chi connectivity index (χ2n) is 10.6. The average molecular weight is 389 g/mol. The molecule has 0 unspecified atom stereocenters. The average Bonchev–Trinajstić information content (AvgIpc) is 2.63. The molecule has 0 saturated carbocycles. The van der Waals surface area contributed by atoms with Gasteiger partial charge in [0, 0.05) is 51.0 Å². The van der Waals surface area contributed by atoms with Gasteiger partial charge >= 0.3 is 0 Å². The number of aromatic hydroxyl groups is 1. The molecule has 0 aliphatic carbocycles. The van der Waals surface area contributed by atoms with E-state index >= 15 is 0 Å². The molecular weight excluding hydrogens is 348 g/mol. The van der Waals surface area contributed by atoms with E-state index in [9.17, 15) is 5.11 Å². The van der Waals surface area contributed by atoms with E-state index in [1.807, 2.05) is 0 Å². The molecule has 2 heterocycles. The Kier molecular flexibility index (Phi) is 6.43. The predicted molar refractivity (Wildman–Crippen MR) is 116 cm³/mol. The second-order valence-corrected chi connectivity index (χ2v) is 10.6. The van der Waals surface area contributed by atoms with Crippen LogP contribution in [-0.4, -0.2) is 49.4 Å². The van der Waals surface area contributed by atoms with Crippen LogP contribution >= 0.6 is 0 Å². The van der Waals surface area contributed by atoms with Gasteiger partial charge in [-0.15, -0.1) is 0 Å². The molecule has 0 radical (unpaired) electrons. The van der Waals surface area contributed by atoms with Crippen molar-refractivity contribution in [3.05, 3.63) is 28.8 Å². The van der Waals surface area contributed by atoms with E-state index in [2.05, 4.69) is 63.9 Å². The Morgan fingerprint density at radius 3 is 2.14 bits per heavy atom. The molecule has 2 saturated heterocycles. The molecule has 1 aromatic carbocycles. The number of benzene rings is 1. The van der Waals surface area contributed by atoms with Gasteiger partial charge in [0.15, 0.2) is 0 Å². The van der Waals surface area contributed by atoms with Crippen LogP contribution in [0.1, 0.15) is 77.1 Å². The zero-order valence-electron chi connectivity index (χ0n) is 18.8. The van der Waals surface area contributed by atoms with Crippen molar-refractivity contribution < 1.29 is 9.84 Å². The first-order valence-corrected chi connectivity index (χ1v) is 11.0. The molecule has 2 aliphatic rings. The molecule has 0 aromatic heterocycles. The largest absolute Gasteiger partial charge is 0.507 e. The number of nitrogens with one attached hydrogen (secondary N) is 1. The van der Waals surface area contributed by atoms with Crippen LogP contribution in [-0.2, 0) is 15.6 Å². The normalized spacial score (nSPS) is 21.6. The van der Waals surface area contributed by atoms with Gasteiger partial charge in [-0.2, -0.15) is 0 Å². The van der Waals surface area contributed by atoms with Crippen LogP contribution < -0.4 is 5.32 Å². The third-order valence-electron chi connectivity index (χ3n) is 6.39. The fourth-order valence-electron chi connectivity index (χ4n) is 4.63. The molecule has 158 valence electrons. The van der Waals surface area contributed by atoms with Crippen molar-refractivity contribution in [3.8, 4) is 5.75 Å². The van der Waals surface area contributed by atoms with Crippen molar-refractivity contribution >= 4 is 0 Å². The van der Waals surface area contributed by atoms with Crippen molar-refractivity contribution in [1.82, 2.24) is 10.2 Å². The van der Waals surface area contributed by atoms with Crippen LogP contribution in [0.25, 0.3) is 0 Å². The summed E-state index contributed by atoms with van der Waals surface area (Å²) in [5.74, 6) is 1.04. The van der Waals surface area contributed by atoms with Crippen molar-refractivity contribution in [1.29, 1.82) is 0 Å². The van der Waals surface area contributed by atoms with Crippen molar-refractivity contribution in [2.45, 2.75) is 71.3 Å². The van der Waals surface area contributed by atoms with Gasteiger partial charge in [-0.05, 0) is 46.8 Å². The van der Waals surface area contributed by atoms with Gasteiger partial charge < -0.3 is 15.2 Å². The number of phenols is 1. The third kappa shape index (κ3) is 4.72. The van der Waals surface area contributed by atoms with Gasteiger partial charge in [-0.25, -0.2) is 0 Å². The van der Waals surface area contributed by atoms with E-state index in [0.717, 1.165) is 63.4 Å². The molecule has 3 rings (SSSR count). The van der Waals surface area contributed by atoms with Crippen LogP contribution in [0.5, 0.6) is 5.75 Å². The third-order valence-corrected chi connectivity index (χ3v) is 6.39. The van der Waals surface area contributed by atoms with Gasteiger partial charge in [-0.3, -0.25) is 4.90 Å². The van der Waals surface area contributed by atoms with Crippen LogP contribution in [0.15, 0.2) is 12.1 Å². The Morgan fingerprint density at radius 1 is 1.00 bits per heavy atom. The summed E-state index contributed by atoms with van der Waals surface area (Å²) < 4.78 is 5.67. The number of phenolic OH excluding ortho intramolecular Hbond substituents is 1. The summed E-state index contributed by atoms with van der Waals surface area (Å²) in [6.45, 7) is 19.2. The highest BCUT2D eigenvalue weighted by atomic mass is 16.5. The molecule has 0 spiro atoms. The summed E-state index contributed by atoms with van der Waals surface area (Å²) in [4.78, 5) is 2.60. The molecule has 2 N–H and O–H groups in total. The van der Waals surface area contributed by atoms with Crippen molar-refractivity contribution in [3.63, 3.8) is 0 Å².